The van der Waals surface area contributed by atoms with Gasteiger partial charge in [0.15, 0.2) is 0 Å². The van der Waals surface area contributed by atoms with E-state index in [1.807, 2.05) is 0 Å². The third kappa shape index (κ3) is 3.14. The Morgan fingerprint density at radius 2 is 2.36 bits per heavy atom. The minimum absolute atomic E-state index is 0.147. The molecule has 0 bridgehead atoms. The summed E-state index contributed by atoms with van der Waals surface area (Å²) < 4.78 is 5.47. The lowest BCUT2D eigenvalue weighted by atomic mass is 10.0. The Labute approximate surface area is 76.4 Å². The van der Waals surface area contributed by atoms with E-state index in [9.17, 15) is 0 Å². The van der Waals surface area contributed by atoms with E-state index in [2.05, 4.69) is 24.8 Å². The van der Waals surface area contributed by atoms with Crippen molar-refractivity contribution in [3.63, 3.8) is 0 Å². The minimum atomic E-state index is 0.147. The maximum atomic E-state index is 5.47. The molecule has 0 aliphatic carbocycles. The summed E-state index contributed by atoms with van der Waals surface area (Å²) in [5.41, 5.74) is 0.833. The zero-order chi connectivity index (χ0) is 8.27. The van der Waals surface area contributed by atoms with Crippen molar-refractivity contribution in [2.75, 3.05) is 13.2 Å². The van der Waals surface area contributed by atoms with Gasteiger partial charge in [-0.15, -0.1) is 17.9 Å². The second-order valence-electron chi connectivity index (χ2n) is 2.94. The molecule has 0 aromatic carbocycles. The first-order chi connectivity index (χ1) is 5.25. The Hall–Kier alpha value is 1.68. The van der Waals surface area contributed by atoms with Crippen LogP contribution in [0.2, 0.25) is 0 Å². The summed E-state index contributed by atoms with van der Waals surface area (Å²) >= 11 is 0. The first-order valence-electron chi connectivity index (χ1n) is 3.83. The zero-order valence-electron chi connectivity index (χ0n) is 6.79. The van der Waals surface area contributed by atoms with Crippen LogP contribution in [-0.2, 0) is 4.74 Å². The number of rotatable bonds is 2. The quantitative estimate of drug-likeness (QED) is 0.660. The van der Waals surface area contributed by atoms with Crippen LogP contribution in [-0.4, -0.2) is 18.9 Å². The molecule has 0 saturated carbocycles. The Kier molecular flexibility index (Phi) is 5.30. The molecule has 0 N–H and O–H groups in total. The molecule has 1 saturated heterocycles. The fourth-order valence-corrected chi connectivity index (χ4v) is 6.86. The van der Waals surface area contributed by atoms with Gasteiger partial charge in [-0.1, -0.05) is 22.2 Å². The predicted molar refractivity (Wildman–Crippen MR) is 63.0 cm³/mol. The second kappa shape index (κ2) is 5.42. The average Bonchev–Trinajstić information content (AvgIpc) is 2.04. The summed E-state index contributed by atoms with van der Waals surface area (Å²) in [5.74, 6) is 0.875. The topological polar surface area (TPSA) is 9.23 Å². The molecule has 0 aromatic rings. The lowest BCUT2D eigenvalue weighted by Crippen LogP contribution is -2.27. The Bertz CT molecular complexity index is 117. The molecule has 0 amide bonds. The zero-order valence-corrected chi connectivity index (χ0v) is 11.0. The van der Waals surface area contributed by atoms with Crippen LogP contribution in [0.4, 0.5) is 0 Å². The molecule has 0 spiro atoms. The van der Waals surface area contributed by atoms with Crippen molar-refractivity contribution >= 4 is 33.1 Å². The van der Waals surface area contributed by atoms with Gasteiger partial charge < -0.3 is 4.74 Å². The average molecular weight is 228 g/mol. The molecule has 1 heterocycles. The normalized spacial score (nSPS) is 36.3. The fourth-order valence-electron chi connectivity index (χ4n) is 1.28. The third-order valence-electron chi connectivity index (χ3n) is 2.17. The lowest BCUT2D eigenvalue weighted by Gasteiger charge is -2.32. The highest BCUT2D eigenvalue weighted by Crippen LogP contribution is 2.70. The third-order valence-corrected chi connectivity index (χ3v) is 13.6. The molecule has 1 rings (SSSR count). The van der Waals surface area contributed by atoms with Crippen LogP contribution < -0.4 is 0 Å². The molecule has 0 aromatic heterocycles. The Morgan fingerprint density at radius 3 is 2.91 bits per heavy atom. The Balaban J connectivity index is 2.40. The van der Waals surface area contributed by atoms with E-state index >= 15 is 0 Å². The largest absolute Gasteiger partial charge is 0.381 e. The fraction of sp³-hybridized carbons (Fsp3) is 1.00. The van der Waals surface area contributed by atoms with Crippen molar-refractivity contribution in [1.82, 2.24) is 0 Å². The first-order valence-corrected chi connectivity index (χ1v) is 10.5. The molecule has 0 radical (unpaired) electrons. The molecule has 1 aliphatic rings. The maximum absolute atomic E-state index is 5.47. The van der Waals surface area contributed by atoms with Gasteiger partial charge in [0.1, 0.15) is 0 Å². The van der Waals surface area contributed by atoms with Crippen LogP contribution >= 0.6 is 33.1 Å². The minimum Gasteiger partial charge on any atom is -0.381 e. The summed E-state index contributed by atoms with van der Waals surface area (Å²) in [7, 11) is 7.02. The molecule has 1 aliphatic heterocycles. The lowest BCUT2D eigenvalue weighted by molar-refractivity contribution is 0.0764. The van der Waals surface area contributed by atoms with Crippen molar-refractivity contribution in [2.24, 2.45) is 5.92 Å². The standard InChI is InChI=1S/C6H16OP4/c1-5-2-3-7-4-6(5)11(9)10-8/h5-6,10H,2-4,8-9H2,1H3. The van der Waals surface area contributed by atoms with E-state index in [0.717, 1.165) is 32.7 Å². The van der Waals surface area contributed by atoms with Crippen molar-refractivity contribution in [3.8, 4) is 0 Å². The first kappa shape index (κ1) is 10.8. The molecule has 1 fully saturated rings. The number of hydrogen-bond acceptors (Lipinski definition) is 1. The summed E-state index contributed by atoms with van der Waals surface area (Å²) in [6.45, 7) is 4.33. The van der Waals surface area contributed by atoms with Crippen LogP contribution in [0.15, 0.2) is 0 Å². The number of ether oxygens (including phenoxy) is 1. The molecule has 6 unspecified atom stereocenters. The summed E-state index contributed by atoms with van der Waals surface area (Å²) in [6, 6.07) is 0. The van der Waals surface area contributed by atoms with Gasteiger partial charge in [-0.25, -0.2) is 0 Å². The van der Waals surface area contributed by atoms with E-state index in [-0.39, 0.29) is 7.30 Å². The molecular weight excluding hydrogens is 212 g/mol. The summed E-state index contributed by atoms with van der Waals surface area (Å²) in [4.78, 5) is 0. The highest BCUT2D eigenvalue weighted by Gasteiger charge is 2.25. The second-order valence-corrected chi connectivity index (χ2v) is 12.5. The van der Waals surface area contributed by atoms with Crippen molar-refractivity contribution in [2.45, 2.75) is 19.0 Å². The van der Waals surface area contributed by atoms with Crippen molar-refractivity contribution in [1.29, 1.82) is 0 Å². The SMILES string of the molecule is CC1CCOCC1P(P)PP. The van der Waals surface area contributed by atoms with Gasteiger partial charge in [-0.3, -0.25) is 0 Å². The van der Waals surface area contributed by atoms with Crippen LogP contribution in [0, 0.1) is 5.92 Å². The number of hydrogen-bond donors (Lipinski definition) is 0. The van der Waals surface area contributed by atoms with Gasteiger partial charge >= 0.3 is 0 Å². The maximum Gasteiger partial charge on any atom is 0.0542 e. The van der Waals surface area contributed by atoms with Gasteiger partial charge in [-0.2, -0.15) is 0 Å². The van der Waals surface area contributed by atoms with Crippen molar-refractivity contribution in [3.05, 3.63) is 0 Å². The van der Waals surface area contributed by atoms with Gasteiger partial charge in [0.25, 0.3) is 0 Å². The highest BCUT2D eigenvalue weighted by atomic mass is 32.6. The Morgan fingerprint density at radius 1 is 1.64 bits per heavy atom. The van der Waals surface area contributed by atoms with E-state index in [0.29, 0.717) is 0 Å². The molecule has 11 heavy (non-hydrogen) atoms. The molecule has 66 valence electrons. The van der Waals surface area contributed by atoms with Crippen LogP contribution in [0.5, 0.6) is 0 Å². The van der Waals surface area contributed by atoms with Gasteiger partial charge in [0, 0.05) is 12.3 Å². The summed E-state index contributed by atoms with van der Waals surface area (Å²) in [6.07, 6.45) is 1.26. The van der Waals surface area contributed by atoms with Crippen LogP contribution in [0.25, 0.3) is 0 Å². The van der Waals surface area contributed by atoms with E-state index < -0.39 is 0 Å². The van der Waals surface area contributed by atoms with Gasteiger partial charge in [-0.05, 0) is 12.3 Å². The smallest absolute Gasteiger partial charge is 0.0542 e. The predicted octanol–water partition coefficient (Wildman–Crippen LogP) is 3.07. The van der Waals surface area contributed by atoms with Crippen molar-refractivity contribution < 1.29 is 4.74 Å². The molecule has 6 atom stereocenters. The van der Waals surface area contributed by atoms with Crippen LogP contribution in [0.1, 0.15) is 13.3 Å². The monoisotopic (exact) mass is 228 g/mol. The van der Waals surface area contributed by atoms with Crippen LogP contribution in [0.3, 0.4) is 0 Å². The van der Waals surface area contributed by atoms with Gasteiger partial charge in [0.05, 0.1) is 6.61 Å². The molecular formula is C6H16OP4. The van der Waals surface area contributed by atoms with E-state index in [1.165, 1.54) is 6.42 Å². The highest BCUT2D eigenvalue weighted by molar-refractivity contribution is 8.61. The summed E-state index contributed by atoms with van der Waals surface area (Å²) in [5, 5.41) is 0. The molecule has 1 nitrogen and oxygen atoms in total. The van der Waals surface area contributed by atoms with Gasteiger partial charge in [0.2, 0.25) is 0 Å². The van der Waals surface area contributed by atoms with E-state index in [4.69, 9.17) is 4.74 Å². The van der Waals surface area contributed by atoms with E-state index in [1.54, 1.807) is 0 Å². The molecule has 5 heteroatoms.